The zero-order valence-electron chi connectivity index (χ0n) is 9.12. The van der Waals surface area contributed by atoms with Gasteiger partial charge in [-0.3, -0.25) is 5.10 Å². The molecule has 0 amide bonds. The highest BCUT2D eigenvalue weighted by Gasteiger charge is 2.18. The first-order valence-corrected chi connectivity index (χ1v) is 5.14. The Kier molecular flexibility index (Phi) is 2.49. The van der Waals surface area contributed by atoms with E-state index in [9.17, 15) is 5.11 Å². The predicted octanol–water partition coefficient (Wildman–Crippen LogP) is 2.12. The monoisotopic (exact) mass is 204 g/mol. The fraction of sp³-hybridized carbons (Fsp3) is 0.417. The first-order chi connectivity index (χ1) is 7.12. The van der Waals surface area contributed by atoms with Crippen molar-refractivity contribution in [1.29, 1.82) is 0 Å². The highest BCUT2D eigenvalue weighted by atomic mass is 16.3. The van der Waals surface area contributed by atoms with Crippen LogP contribution < -0.4 is 0 Å². The summed E-state index contributed by atoms with van der Waals surface area (Å²) in [5.74, 6) is 0. The summed E-state index contributed by atoms with van der Waals surface area (Å²) >= 11 is 0. The molecule has 1 aromatic heterocycles. The first-order valence-electron chi connectivity index (χ1n) is 5.14. The lowest BCUT2D eigenvalue weighted by atomic mass is 9.86. The number of rotatable bonds is 3. The Morgan fingerprint density at radius 3 is 2.93 bits per heavy atom. The quantitative estimate of drug-likeness (QED) is 0.804. The van der Waals surface area contributed by atoms with Crippen molar-refractivity contribution < 1.29 is 5.11 Å². The number of hydrogen-bond acceptors (Lipinski definition) is 2. The molecule has 2 rings (SSSR count). The van der Waals surface area contributed by atoms with Gasteiger partial charge in [0.15, 0.2) is 0 Å². The second-order valence-corrected chi connectivity index (χ2v) is 4.75. The van der Waals surface area contributed by atoms with Crippen LogP contribution >= 0.6 is 0 Å². The van der Waals surface area contributed by atoms with Crippen molar-refractivity contribution >= 4 is 10.9 Å². The van der Waals surface area contributed by atoms with Crippen molar-refractivity contribution in [3.8, 4) is 0 Å². The molecular weight excluding hydrogens is 188 g/mol. The molecule has 1 heterocycles. The van der Waals surface area contributed by atoms with Crippen molar-refractivity contribution in [2.24, 2.45) is 5.41 Å². The molecule has 0 saturated carbocycles. The van der Waals surface area contributed by atoms with Crippen LogP contribution in [0.15, 0.2) is 24.4 Å². The van der Waals surface area contributed by atoms with Gasteiger partial charge in [0.1, 0.15) is 0 Å². The number of aliphatic hydroxyl groups is 1. The molecule has 0 aliphatic carbocycles. The highest BCUT2D eigenvalue weighted by Crippen LogP contribution is 2.25. The van der Waals surface area contributed by atoms with Gasteiger partial charge >= 0.3 is 0 Å². The Balaban J connectivity index is 2.39. The molecule has 3 heteroatoms. The third-order valence-electron chi connectivity index (χ3n) is 2.66. The van der Waals surface area contributed by atoms with Crippen LogP contribution in [0, 0.1) is 5.41 Å². The van der Waals surface area contributed by atoms with Gasteiger partial charge in [0.25, 0.3) is 0 Å². The molecule has 3 nitrogen and oxygen atoms in total. The van der Waals surface area contributed by atoms with Gasteiger partial charge in [0.2, 0.25) is 0 Å². The summed E-state index contributed by atoms with van der Waals surface area (Å²) in [6, 6.07) is 6.15. The fourth-order valence-electron chi connectivity index (χ4n) is 1.75. The summed E-state index contributed by atoms with van der Waals surface area (Å²) in [4.78, 5) is 0. The number of hydrogen-bond donors (Lipinski definition) is 2. The number of H-pyrrole nitrogens is 1. The number of aliphatic hydroxyl groups excluding tert-OH is 1. The van der Waals surface area contributed by atoms with Crippen molar-refractivity contribution in [2.45, 2.75) is 20.3 Å². The van der Waals surface area contributed by atoms with E-state index in [-0.39, 0.29) is 12.0 Å². The third kappa shape index (κ3) is 2.02. The molecule has 1 aromatic carbocycles. The largest absolute Gasteiger partial charge is 0.396 e. The van der Waals surface area contributed by atoms with Crippen LogP contribution in [0.1, 0.15) is 19.4 Å². The lowest BCUT2D eigenvalue weighted by Crippen LogP contribution is -2.19. The lowest BCUT2D eigenvalue weighted by Gasteiger charge is -2.21. The van der Waals surface area contributed by atoms with Crippen molar-refractivity contribution in [3.63, 3.8) is 0 Å². The predicted molar refractivity (Wildman–Crippen MR) is 60.7 cm³/mol. The molecule has 0 aliphatic rings. The van der Waals surface area contributed by atoms with Crippen LogP contribution in [0.25, 0.3) is 10.9 Å². The normalized spacial score (nSPS) is 12.2. The summed E-state index contributed by atoms with van der Waals surface area (Å²) in [6.07, 6.45) is 2.67. The summed E-state index contributed by atoms with van der Waals surface area (Å²) in [7, 11) is 0. The maximum atomic E-state index is 9.25. The van der Waals surface area contributed by atoms with Gasteiger partial charge < -0.3 is 5.11 Å². The van der Waals surface area contributed by atoms with E-state index >= 15 is 0 Å². The zero-order valence-corrected chi connectivity index (χ0v) is 9.12. The molecule has 2 N–H and O–H groups in total. The molecular formula is C12H16N2O. The molecule has 80 valence electrons. The minimum atomic E-state index is -0.0839. The van der Waals surface area contributed by atoms with Gasteiger partial charge in [-0.25, -0.2) is 0 Å². The van der Waals surface area contributed by atoms with Gasteiger partial charge in [0, 0.05) is 12.0 Å². The van der Waals surface area contributed by atoms with Crippen LogP contribution in [0.3, 0.4) is 0 Å². The van der Waals surface area contributed by atoms with Crippen molar-refractivity contribution in [3.05, 3.63) is 30.0 Å². The second-order valence-electron chi connectivity index (χ2n) is 4.75. The minimum absolute atomic E-state index is 0.0839. The average molecular weight is 204 g/mol. The molecule has 15 heavy (non-hydrogen) atoms. The number of aromatic nitrogens is 2. The highest BCUT2D eigenvalue weighted by molar-refractivity contribution is 5.81. The maximum absolute atomic E-state index is 9.25. The number of benzene rings is 1. The number of aromatic amines is 1. The summed E-state index contributed by atoms with van der Waals surface area (Å²) in [5.41, 5.74) is 2.21. The fourth-order valence-corrected chi connectivity index (χ4v) is 1.75. The van der Waals surface area contributed by atoms with Crippen LogP contribution in [0.5, 0.6) is 0 Å². The smallest absolute Gasteiger partial charge is 0.0682 e. The molecule has 0 atom stereocenters. The number of nitrogens with zero attached hydrogens (tertiary/aromatic N) is 1. The zero-order chi connectivity index (χ0) is 10.9. The van der Waals surface area contributed by atoms with Gasteiger partial charge in [0.05, 0.1) is 11.7 Å². The molecule has 0 aliphatic heterocycles. The standard InChI is InChI=1S/C12H16N2O/c1-12(2,8-15)6-9-4-3-5-10-7-13-14-11(9)10/h3-5,7,15H,6,8H2,1-2H3,(H,13,14). The van der Waals surface area contributed by atoms with Crippen molar-refractivity contribution in [1.82, 2.24) is 10.2 Å². The van der Waals surface area contributed by atoms with E-state index in [1.54, 1.807) is 0 Å². The second kappa shape index (κ2) is 3.66. The Labute approximate surface area is 89.1 Å². The van der Waals surface area contributed by atoms with Crippen LogP contribution in [-0.4, -0.2) is 21.9 Å². The molecule has 0 saturated heterocycles. The molecule has 0 fully saturated rings. The molecule has 0 radical (unpaired) electrons. The van der Waals surface area contributed by atoms with E-state index in [1.807, 2.05) is 18.3 Å². The maximum Gasteiger partial charge on any atom is 0.0682 e. The molecule has 0 bridgehead atoms. The Morgan fingerprint density at radius 2 is 2.20 bits per heavy atom. The topological polar surface area (TPSA) is 48.9 Å². The van der Waals surface area contributed by atoms with E-state index in [0.717, 1.165) is 17.3 Å². The van der Waals surface area contributed by atoms with Gasteiger partial charge in [-0.2, -0.15) is 5.10 Å². The van der Waals surface area contributed by atoms with E-state index in [4.69, 9.17) is 0 Å². The van der Waals surface area contributed by atoms with Crippen molar-refractivity contribution in [2.75, 3.05) is 6.61 Å². The Hall–Kier alpha value is -1.35. The minimum Gasteiger partial charge on any atom is -0.396 e. The Morgan fingerprint density at radius 1 is 1.40 bits per heavy atom. The Bertz CT molecular complexity index is 459. The van der Waals surface area contributed by atoms with Crippen LogP contribution in [-0.2, 0) is 6.42 Å². The van der Waals surface area contributed by atoms with E-state index in [0.29, 0.717) is 0 Å². The molecule has 2 aromatic rings. The van der Waals surface area contributed by atoms with E-state index in [1.165, 1.54) is 5.56 Å². The number of fused-ring (bicyclic) bond motifs is 1. The first kappa shape index (κ1) is 10.2. The molecule has 0 spiro atoms. The van der Waals surface area contributed by atoms with Gasteiger partial charge in [-0.1, -0.05) is 32.0 Å². The number of nitrogens with one attached hydrogen (secondary N) is 1. The lowest BCUT2D eigenvalue weighted by molar-refractivity contribution is 0.160. The summed E-state index contributed by atoms with van der Waals surface area (Å²) < 4.78 is 0. The van der Waals surface area contributed by atoms with Gasteiger partial charge in [-0.05, 0) is 17.4 Å². The number of para-hydroxylation sites is 1. The van der Waals surface area contributed by atoms with Gasteiger partial charge in [-0.15, -0.1) is 0 Å². The summed E-state index contributed by atoms with van der Waals surface area (Å²) in [6.45, 7) is 4.31. The molecule has 0 unspecified atom stereocenters. The summed E-state index contributed by atoms with van der Waals surface area (Å²) in [5, 5.41) is 17.4. The van der Waals surface area contributed by atoms with E-state index in [2.05, 4.69) is 30.1 Å². The van der Waals surface area contributed by atoms with Crippen LogP contribution in [0.2, 0.25) is 0 Å². The third-order valence-corrected chi connectivity index (χ3v) is 2.66. The van der Waals surface area contributed by atoms with Crippen LogP contribution in [0.4, 0.5) is 0 Å². The SMILES string of the molecule is CC(C)(CO)Cc1cccc2cn[nH]c12. The van der Waals surface area contributed by atoms with E-state index < -0.39 is 0 Å². The average Bonchev–Trinajstić information content (AvgIpc) is 2.66.